The van der Waals surface area contributed by atoms with E-state index in [1.54, 1.807) is 5.51 Å². The Bertz CT molecular complexity index is 488. The maximum Gasteiger partial charge on any atom is 0.270 e. The second-order valence-electron chi connectivity index (χ2n) is 3.73. The summed E-state index contributed by atoms with van der Waals surface area (Å²) in [5.74, 6) is 1.20. The molecule has 3 heterocycles. The van der Waals surface area contributed by atoms with E-state index in [1.807, 2.05) is 6.92 Å². The number of nitrogens with zero attached hydrogens (tertiary/aromatic N) is 3. The topological polar surface area (TPSA) is 61.0 Å². The van der Waals surface area contributed by atoms with Crippen LogP contribution in [0.15, 0.2) is 10.0 Å². The maximum absolute atomic E-state index is 5.50. The van der Waals surface area contributed by atoms with Gasteiger partial charge < -0.3 is 9.26 Å². The van der Waals surface area contributed by atoms with E-state index < -0.39 is 0 Å². The summed E-state index contributed by atoms with van der Waals surface area (Å²) < 4.78 is 10.7. The van der Waals surface area contributed by atoms with Gasteiger partial charge in [-0.1, -0.05) is 5.16 Å². The van der Waals surface area contributed by atoms with Crippen LogP contribution >= 0.6 is 11.3 Å². The highest BCUT2D eigenvalue weighted by atomic mass is 32.1. The zero-order valence-corrected chi connectivity index (χ0v) is 9.66. The highest BCUT2D eigenvalue weighted by Gasteiger charge is 2.24. The fourth-order valence-electron chi connectivity index (χ4n) is 1.75. The molecule has 1 aliphatic heterocycles. The molecule has 5 nitrogen and oxygen atoms in total. The lowest BCUT2D eigenvalue weighted by molar-refractivity contribution is 0.103. The monoisotopic (exact) mass is 237 g/mol. The average Bonchev–Trinajstić information content (AvgIpc) is 2.96. The number of thiazole rings is 1. The summed E-state index contributed by atoms with van der Waals surface area (Å²) in [7, 11) is 0. The molecule has 2 aromatic heterocycles. The van der Waals surface area contributed by atoms with Crippen molar-refractivity contribution in [3.63, 3.8) is 0 Å². The van der Waals surface area contributed by atoms with Crippen molar-refractivity contribution in [2.45, 2.75) is 25.9 Å². The zero-order valence-electron chi connectivity index (χ0n) is 8.84. The van der Waals surface area contributed by atoms with Crippen molar-refractivity contribution in [2.75, 3.05) is 6.61 Å². The van der Waals surface area contributed by atoms with Crippen LogP contribution in [-0.4, -0.2) is 21.7 Å². The van der Waals surface area contributed by atoms with E-state index in [0.717, 1.165) is 30.0 Å². The SMILES string of the molecule is Cc1ncsc1-c1nc([C@H]2CCCO2)no1. The van der Waals surface area contributed by atoms with Crippen LogP contribution in [-0.2, 0) is 4.74 Å². The predicted octanol–water partition coefficient (Wildman–Crippen LogP) is 2.35. The second kappa shape index (κ2) is 3.95. The first-order valence-electron chi connectivity index (χ1n) is 5.20. The minimum absolute atomic E-state index is 0.00530. The first kappa shape index (κ1) is 9.92. The third-order valence-corrected chi connectivity index (χ3v) is 3.52. The smallest absolute Gasteiger partial charge is 0.270 e. The molecule has 1 saturated heterocycles. The van der Waals surface area contributed by atoms with Crippen molar-refractivity contribution in [2.24, 2.45) is 0 Å². The minimum Gasteiger partial charge on any atom is -0.370 e. The van der Waals surface area contributed by atoms with E-state index in [4.69, 9.17) is 9.26 Å². The number of aromatic nitrogens is 3. The first-order valence-corrected chi connectivity index (χ1v) is 6.08. The second-order valence-corrected chi connectivity index (χ2v) is 4.58. The van der Waals surface area contributed by atoms with Gasteiger partial charge in [-0.05, 0) is 19.8 Å². The van der Waals surface area contributed by atoms with E-state index in [0.29, 0.717) is 11.7 Å². The van der Waals surface area contributed by atoms with Crippen molar-refractivity contribution < 1.29 is 9.26 Å². The molecular formula is C10H11N3O2S. The molecule has 0 spiro atoms. The molecule has 0 saturated carbocycles. The largest absolute Gasteiger partial charge is 0.370 e. The van der Waals surface area contributed by atoms with Gasteiger partial charge in [0.15, 0.2) is 0 Å². The normalized spacial score (nSPS) is 20.4. The van der Waals surface area contributed by atoms with Gasteiger partial charge in [-0.25, -0.2) is 4.98 Å². The van der Waals surface area contributed by atoms with Crippen LogP contribution in [0, 0.1) is 6.92 Å². The van der Waals surface area contributed by atoms with Crippen molar-refractivity contribution >= 4 is 11.3 Å². The van der Waals surface area contributed by atoms with Crippen LogP contribution in [0.2, 0.25) is 0 Å². The molecule has 16 heavy (non-hydrogen) atoms. The predicted molar refractivity (Wildman–Crippen MR) is 58.1 cm³/mol. The van der Waals surface area contributed by atoms with Crippen LogP contribution in [0.5, 0.6) is 0 Å². The van der Waals surface area contributed by atoms with Gasteiger partial charge >= 0.3 is 0 Å². The first-order chi connectivity index (χ1) is 7.84. The fourth-order valence-corrected chi connectivity index (χ4v) is 2.47. The molecule has 1 fully saturated rings. The number of aryl methyl sites for hydroxylation is 1. The molecular weight excluding hydrogens is 226 g/mol. The van der Waals surface area contributed by atoms with Crippen molar-refractivity contribution in [1.29, 1.82) is 0 Å². The Morgan fingerprint density at radius 3 is 3.12 bits per heavy atom. The van der Waals surface area contributed by atoms with Crippen molar-refractivity contribution in [3.05, 3.63) is 17.0 Å². The zero-order chi connectivity index (χ0) is 11.0. The lowest BCUT2D eigenvalue weighted by Crippen LogP contribution is -1.97. The van der Waals surface area contributed by atoms with E-state index in [1.165, 1.54) is 11.3 Å². The van der Waals surface area contributed by atoms with Gasteiger partial charge in [-0.15, -0.1) is 11.3 Å². The molecule has 3 rings (SSSR count). The van der Waals surface area contributed by atoms with Crippen molar-refractivity contribution in [3.8, 4) is 10.8 Å². The summed E-state index contributed by atoms with van der Waals surface area (Å²) in [5.41, 5.74) is 2.70. The Morgan fingerprint density at radius 2 is 2.44 bits per heavy atom. The van der Waals surface area contributed by atoms with Crippen LogP contribution in [0.1, 0.15) is 30.5 Å². The Balaban J connectivity index is 1.90. The van der Waals surface area contributed by atoms with Gasteiger partial charge in [0, 0.05) is 6.61 Å². The summed E-state index contributed by atoms with van der Waals surface area (Å²) in [4.78, 5) is 9.46. The summed E-state index contributed by atoms with van der Waals surface area (Å²) in [6.07, 6.45) is 2.04. The molecule has 0 bridgehead atoms. The van der Waals surface area contributed by atoms with Gasteiger partial charge in [0.25, 0.3) is 5.89 Å². The molecule has 2 aromatic rings. The lowest BCUT2D eigenvalue weighted by atomic mass is 10.2. The van der Waals surface area contributed by atoms with Crippen LogP contribution in [0.4, 0.5) is 0 Å². The Kier molecular flexibility index (Phi) is 2.45. The van der Waals surface area contributed by atoms with Gasteiger partial charge in [0.05, 0.1) is 11.2 Å². The number of hydrogen-bond acceptors (Lipinski definition) is 6. The molecule has 1 atom stereocenters. The van der Waals surface area contributed by atoms with Crippen LogP contribution in [0.25, 0.3) is 10.8 Å². The third-order valence-electron chi connectivity index (χ3n) is 2.60. The number of hydrogen-bond donors (Lipinski definition) is 0. The van der Waals surface area contributed by atoms with Crippen LogP contribution in [0.3, 0.4) is 0 Å². The summed E-state index contributed by atoms with van der Waals surface area (Å²) >= 11 is 1.51. The Hall–Kier alpha value is -1.27. The Morgan fingerprint density at radius 1 is 1.50 bits per heavy atom. The third kappa shape index (κ3) is 1.64. The fraction of sp³-hybridized carbons (Fsp3) is 0.500. The van der Waals surface area contributed by atoms with Gasteiger partial charge in [-0.3, -0.25) is 0 Å². The lowest BCUT2D eigenvalue weighted by Gasteiger charge is -2.00. The maximum atomic E-state index is 5.50. The van der Waals surface area contributed by atoms with Gasteiger partial charge in [0.1, 0.15) is 11.0 Å². The molecule has 84 valence electrons. The van der Waals surface area contributed by atoms with E-state index in [2.05, 4.69) is 15.1 Å². The molecule has 0 aromatic carbocycles. The Labute approximate surface area is 96.5 Å². The molecule has 0 radical (unpaired) electrons. The molecule has 0 aliphatic carbocycles. The van der Waals surface area contributed by atoms with E-state index in [-0.39, 0.29) is 6.10 Å². The highest BCUT2D eigenvalue weighted by molar-refractivity contribution is 7.13. The molecule has 0 N–H and O–H groups in total. The molecule has 0 unspecified atom stereocenters. The van der Waals surface area contributed by atoms with E-state index in [9.17, 15) is 0 Å². The standard InChI is InChI=1S/C10H11N3O2S/c1-6-8(16-5-11-6)10-12-9(13-15-10)7-3-2-4-14-7/h5,7H,2-4H2,1H3/t7-/m1/s1. The van der Waals surface area contributed by atoms with Crippen molar-refractivity contribution in [1.82, 2.24) is 15.1 Å². The highest BCUT2D eigenvalue weighted by Crippen LogP contribution is 2.30. The minimum atomic E-state index is 0.00530. The summed E-state index contributed by atoms with van der Waals surface area (Å²) in [5, 5.41) is 3.96. The molecule has 1 aliphatic rings. The van der Waals surface area contributed by atoms with E-state index >= 15 is 0 Å². The number of rotatable bonds is 2. The number of ether oxygens (including phenoxy) is 1. The molecule has 0 amide bonds. The van der Waals surface area contributed by atoms with Gasteiger partial charge in [0.2, 0.25) is 5.82 Å². The molecule has 6 heteroatoms. The van der Waals surface area contributed by atoms with Crippen LogP contribution < -0.4 is 0 Å². The quantitative estimate of drug-likeness (QED) is 0.802. The average molecular weight is 237 g/mol. The summed E-state index contributed by atoms with van der Waals surface area (Å²) in [6, 6.07) is 0. The van der Waals surface area contributed by atoms with Gasteiger partial charge in [-0.2, -0.15) is 4.98 Å². The summed E-state index contributed by atoms with van der Waals surface area (Å²) in [6.45, 7) is 2.72.